The number of aromatic nitrogens is 2. The van der Waals surface area contributed by atoms with E-state index in [4.69, 9.17) is 1.37 Å². The van der Waals surface area contributed by atoms with Crippen LogP contribution in [0.1, 0.15) is 25.3 Å². The molecule has 1 radical (unpaired) electrons. The van der Waals surface area contributed by atoms with Crippen molar-refractivity contribution in [2.45, 2.75) is 12.8 Å². The first kappa shape index (κ1) is 26.4. The van der Waals surface area contributed by atoms with Gasteiger partial charge >= 0.3 is 0 Å². The molecule has 0 N–H and O–H groups in total. The molecule has 0 fully saturated rings. The average molecular weight is 682 g/mol. The van der Waals surface area contributed by atoms with E-state index >= 15 is 0 Å². The Morgan fingerprint density at radius 1 is 0.615 bits per heavy atom. The molecular formula is C36H28IrN2-2. The van der Waals surface area contributed by atoms with Crippen molar-refractivity contribution in [3.63, 3.8) is 0 Å². The van der Waals surface area contributed by atoms with Crippen LogP contribution in [-0.4, -0.2) is 9.97 Å². The van der Waals surface area contributed by atoms with Crippen LogP contribution >= 0.6 is 0 Å². The zero-order chi connectivity index (χ0) is 26.9. The largest absolute Gasteiger partial charge is 0.305 e. The summed E-state index contributed by atoms with van der Waals surface area (Å²) in [5, 5.41) is 0. The molecule has 1 atom stereocenters. The van der Waals surface area contributed by atoms with Crippen molar-refractivity contribution in [1.82, 2.24) is 9.97 Å². The Bertz CT molecular complexity index is 1550. The van der Waals surface area contributed by atoms with Crippen LogP contribution in [0, 0.1) is 12.1 Å². The SMILES string of the molecule is [2H]C(C)(c1ccccc1)c1ccc[c-]c1-c1ccccn1.[Ir].[c-]1ccccc1-c1cc(-c2ccccc2)ccn1. The summed E-state index contributed by atoms with van der Waals surface area (Å²) in [6, 6.07) is 50.3. The number of pyridine rings is 2. The van der Waals surface area contributed by atoms with Gasteiger partial charge in [-0.2, -0.15) is 0 Å². The van der Waals surface area contributed by atoms with E-state index in [9.17, 15) is 0 Å². The Hall–Kier alpha value is -4.17. The van der Waals surface area contributed by atoms with Gasteiger partial charge < -0.3 is 9.97 Å². The van der Waals surface area contributed by atoms with Crippen LogP contribution in [0.3, 0.4) is 0 Å². The molecule has 39 heavy (non-hydrogen) atoms. The van der Waals surface area contributed by atoms with Crippen molar-refractivity contribution in [2.24, 2.45) is 0 Å². The molecule has 0 spiro atoms. The minimum absolute atomic E-state index is 0. The average Bonchev–Trinajstić information content (AvgIpc) is 3.03. The molecule has 2 heterocycles. The van der Waals surface area contributed by atoms with Gasteiger partial charge in [-0.15, -0.1) is 71.3 Å². The Labute approximate surface area is 246 Å². The Morgan fingerprint density at radius 3 is 2.03 bits per heavy atom. The summed E-state index contributed by atoms with van der Waals surface area (Å²) in [7, 11) is 0. The number of hydrogen-bond donors (Lipinski definition) is 0. The van der Waals surface area contributed by atoms with Gasteiger partial charge in [0.2, 0.25) is 0 Å². The number of rotatable bonds is 5. The Morgan fingerprint density at radius 2 is 1.31 bits per heavy atom. The third kappa shape index (κ3) is 7.23. The fourth-order valence-corrected chi connectivity index (χ4v) is 4.26. The molecule has 0 bridgehead atoms. The standard InChI is InChI=1S/C19H16N.C17H12N.Ir/c1-15(16-9-3-2-4-10-16)17-11-5-6-12-18(17)19-13-7-8-14-20-19;1-3-7-14(8-4-1)16-11-12-18-17(13-16)15-9-5-2-6-10-15;/h2-11,13-15H,1H3;1-9,11-13H;/q2*-1;/i15D;;. The Kier molecular flexibility index (Phi) is 9.57. The van der Waals surface area contributed by atoms with Crippen LogP contribution in [0.15, 0.2) is 146 Å². The molecule has 0 saturated heterocycles. The van der Waals surface area contributed by atoms with Crippen molar-refractivity contribution in [3.8, 4) is 33.6 Å². The summed E-state index contributed by atoms with van der Waals surface area (Å²) in [5.74, 6) is -0.841. The first-order valence-electron chi connectivity index (χ1n) is 13.1. The van der Waals surface area contributed by atoms with Crippen LogP contribution < -0.4 is 0 Å². The molecule has 4 aromatic carbocycles. The fourth-order valence-electron chi connectivity index (χ4n) is 4.26. The summed E-state index contributed by atoms with van der Waals surface area (Å²) in [5.41, 5.74) is 7.97. The van der Waals surface area contributed by atoms with Crippen LogP contribution in [0.2, 0.25) is 0 Å². The Balaban J connectivity index is 0.000000182. The first-order valence-corrected chi connectivity index (χ1v) is 12.6. The van der Waals surface area contributed by atoms with Gasteiger partial charge in [0.05, 0.1) is 0 Å². The van der Waals surface area contributed by atoms with Gasteiger partial charge in [-0.1, -0.05) is 85.8 Å². The molecular weight excluding hydrogens is 653 g/mol. The van der Waals surface area contributed by atoms with Gasteiger partial charge in [-0.25, -0.2) is 0 Å². The summed E-state index contributed by atoms with van der Waals surface area (Å²) in [4.78, 5) is 8.81. The number of hydrogen-bond acceptors (Lipinski definition) is 2. The summed E-state index contributed by atoms with van der Waals surface area (Å²) in [6.45, 7) is 1.91. The van der Waals surface area contributed by atoms with Gasteiger partial charge in [-0.05, 0) is 46.1 Å². The monoisotopic (exact) mass is 682 g/mol. The van der Waals surface area contributed by atoms with Crippen molar-refractivity contribution in [1.29, 1.82) is 0 Å². The predicted molar refractivity (Wildman–Crippen MR) is 156 cm³/mol. The van der Waals surface area contributed by atoms with E-state index in [1.807, 2.05) is 128 Å². The van der Waals surface area contributed by atoms with Crippen LogP contribution in [0.5, 0.6) is 0 Å². The van der Waals surface area contributed by atoms with Gasteiger partial charge in [-0.3, -0.25) is 0 Å². The maximum absolute atomic E-state index is 8.85. The van der Waals surface area contributed by atoms with Gasteiger partial charge in [0.1, 0.15) is 0 Å². The normalized spacial score (nSPS) is 12.1. The zero-order valence-electron chi connectivity index (χ0n) is 22.6. The second-order valence-electron chi connectivity index (χ2n) is 8.74. The summed E-state index contributed by atoms with van der Waals surface area (Å²) in [6.07, 6.45) is 3.61. The van der Waals surface area contributed by atoms with Crippen LogP contribution in [0.25, 0.3) is 33.6 Å². The molecule has 0 saturated carbocycles. The molecule has 1 unspecified atom stereocenters. The topological polar surface area (TPSA) is 25.8 Å². The van der Waals surface area contributed by atoms with E-state index in [1.165, 1.54) is 11.1 Å². The second-order valence-corrected chi connectivity index (χ2v) is 8.74. The first-order chi connectivity index (χ1) is 19.1. The van der Waals surface area contributed by atoms with E-state index in [-0.39, 0.29) is 20.1 Å². The third-order valence-corrected chi connectivity index (χ3v) is 6.24. The van der Waals surface area contributed by atoms with Crippen LogP contribution in [0.4, 0.5) is 0 Å². The molecule has 6 aromatic rings. The molecule has 0 aliphatic carbocycles. The smallest absolute Gasteiger partial charge is 0.0296 e. The van der Waals surface area contributed by atoms with Crippen molar-refractivity contribution >= 4 is 0 Å². The molecule has 3 heteroatoms. The van der Waals surface area contributed by atoms with E-state index in [0.29, 0.717) is 0 Å². The van der Waals surface area contributed by atoms with E-state index in [1.54, 1.807) is 6.20 Å². The maximum atomic E-state index is 8.85. The van der Waals surface area contributed by atoms with Gasteiger partial charge in [0, 0.05) is 33.9 Å². The van der Waals surface area contributed by atoms with Gasteiger partial charge in [0.25, 0.3) is 0 Å². The number of benzene rings is 4. The minimum atomic E-state index is -0.841. The molecule has 0 amide bonds. The number of nitrogens with zero attached hydrogens (tertiary/aromatic N) is 2. The molecule has 0 aliphatic heterocycles. The maximum Gasteiger partial charge on any atom is 0.0296 e. The molecule has 0 aliphatic rings. The minimum Gasteiger partial charge on any atom is -0.305 e. The van der Waals surface area contributed by atoms with Crippen molar-refractivity contribution in [3.05, 3.63) is 169 Å². The van der Waals surface area contributed by atoms with E-state index < -0.39 is 5.89 Å². The fraction of sp³-hybridized carbons (Fsp3) is 0.0556. The zero-order valence-corrected chi connectivity index (χ0v) is 24.0. The van der Waals surface area contributed by atoms with Crippen molar-refractivity contribution in [2.75, 3.05) is 0 Å². The quantitative estimate of drug-likeness (QED) is 0.170. The summed E-state index contributed by atoms with van der Waals surface area (Å²) >= 11 is 0. The van der Waals surface area contributed by atoms with Crippen molar-refractivity contribution < 1.29 is 21.5 Å². The molecule has 6 rings (SSSR count). The second kappa shape index (κ2) is 14.1. The van der Waals surface area contributed by atoms with Crippen LogP contribution in [-0.2, 0) is 20.1 Å². The van der Waals surface area contributed by atoms with E-state index in [2.05, 4.69) is 40.3 Å². The van der Waals surface area contributed by atoms with Gasteiger partial charge in [0.15, 0.2) is 0 Å². The third-order valence-electron chi connectivity index (χ3n) is 6.24. The predicted octanol–water partition coefficient (Wildman–Crippen LogP) is 8.91. The molecule has 2 aromatic heterocycles. The summed E-state index contributed by atoms with van der Waals surface area (Å²) < 4.78 is 8.85. The molecule has 2 nitrogen and oxygen atoms in total. The molecule has 193 valence electrons. The van der Waals surface area contributed by atoms with E-state index in [0.717, 1.165) is 33.6 Å².